The Labute approximate surface area is 108 Å². The zero-order valence-corrected chi connectivity index (χ0v) is 11.4. The first-order chi connectivity index (χ1) is 8.32. The number of hydrogen-bond acceptors (Lipinski definition) is 2. The number of amides is 1. The van der Waals surface area contributed by atoms with Crippen LogP contribution in [0.1, 0.15) is 41.8 Å². The van der Waals surface area contributed by atoms with E-state index >= 15 is 0 Å². The largest absolute Gasteiger partial charge is 0.392 e. The van der Waals surface area contributed by atoms with Crippen molar-refractivity contribution in [2.45, 2.75) is 46.3 Å². The Balaban J connectivity index is 2.09. The zero-order chi connectivity index (χ0) is 13.5. The molecule has 0 aliphatic heterocycles. The lowest BCUT2D eigenvalue weighted by atomic mass is 9.64. The van der Waals surface area contributed by atoms with Crippen LogP contribution in [0.4, 0.5) is 0 Å². The summed E-state index contributed by atoms with van der Waals surface area (Å²) in [6, 6.07) is 5.88. The molecule has 18 heavy (non-hydrogen) atoms. The Hall–Kier alpha value is -1.35. The van der Waals surface area contributed by atoms with Crippen molar-refractivity contribution in [3.8, 4) is 0 Å². The molecule has 0 spiro atoms. The molecule has 1 aliphatic rings. The molecule has 2 atom stereocenters. The Morgan fingerprint density at radius 2 is 2.06 bits per heavy atom. The van der Waals surface area contributed by atoms with E-state index in [2.05, 4.69) is 5.32 Å². The molecule has 0 aromatic heterocycles. The fraction of sp³-hybridized carbons (Fsp3) is 0.533. The second kappa shape index (κ2) is 4.39. The minimum absolute atomic E-state index is 0.0440. The summed E-state index contributed by atoms with van der Waals surface area (Å²) in [5.41, 5.74) is 2.64. The van der Waals surface area contributed by atoms with Gasteiger partial charge in [-0.1, -0.05) is 31.5 Å². The molecule has 1 aromatic carbocycles. The van der Waals surface area contributed by atoms with Gasteiger partial charge in [0.25, 0.3) is 5.91 Å². The first-order valence-electron chi connectivity index (χ1n) is 6.38. The van der Waals surface area contributed by atoms with Crippen LogP contribution in [0.5, 0.6) is 0 Å². The Bertz CT molecular complexity index is 479. The highest BCUT2D eigenvalue weighted by molar-refractivity contribution is 5.96. The van der Waals surface area contributed by atoms with Gasteiger partial charge in [-0.05, 0) is 31.9 Å². The van der Waals surface area contributed by atoms with Gasteiger partial charge in [0.2, 0.25) is 0 Å². The molecular weight excluding hydrogens is 226 g/mol. The van der Waals surface area contributed by atoms with Crippen molar-refractivity contribution in [3.05, 3.63) is 34.9 Å². The molecule has 2 unspecified atom stereocenters. The number of aliphatic hydroxyl groups is 1. The zero-order valence-electron chi connectivity index (χ0n) is 11.4. The summed E-state index contributed by atoms with van der Waals surface area (Å²) in [5, 5.41) is 12.7. The lowest BCUT2D eigenvalue weighted by Crippen LogP contribution is -2.61. The van der Waals surface area contributed by atoms with E-state index in [1.165, 1.54) is 0 Å². The molecule has 1 fully saturated rings. The maximum absolute atomic E-state index is 12.2. The highest BCUT2D eigenvalue weighted by Crippen LogP contribution is 2.40. The van der Waals surface area contributed by atoms with E-state index in [-0.39, 0.29) is 23.5 Å². The van der Waals surface area contributed by atoms with E-state index in [4.69, 9.17) is 0 Å². The van der Waals surface area contributed by atoms with E-state index in [0.29, 0.717) is 6.42 Å². The van der Waals surface area contributed by atoms with E-state index in [0.717, 1.165) is 16.7 Å². The standard InChI is InChI=1S/C15H21NO2/c1-9-5-6-11(10(2)7-9)14(18)16-12-8-13(17)15(12,3)4/h5-7,12-13,17H,8H2,1-4H3,(H,16,18). The van der Waals surface area contributed by atoms with Crippen LogP contribution in [-0.4, -0.2) is 23.2 Å². The number of aryl methyl sites for hydroxylation is 2. The molecule has 0 heterocycles. The minimum atomic E-state index is -0.318. The molecule has 98 valence electrons. The normalized spacial score (nSPS) is 25.4. The van der Waals surface area contributed by atoms with Crippen LogP contribution in [0.2, 0.25) is 0 Å². The molecule has 1 aromatic rings. The molecular formula is C15H21NO2. The Morgan fingerprint density at radius 3 is 2.56 bits per heavy atom. The van der Waals surface area contributed by atoms with E-state index < -0.39 is 0 Å². The molecule has 1 aliphatic carbocycles. The average Bonchev–Trinajstić information content (AvgIpc) is 2.28. The van der Waals surface area contributed by atoms with Crippen molar-refractivity contribution in [3.63, 3.8) is 0 Å². The van der Waals surface area contributed by atoms with Crippen molar-refractivity contribution in [2.75, 3.05) is 0 Å². The van der Waals surface area contributed by atoms with Gasteiger partial charge in [0, 0.05) is 17.0 Å². The second-order valence-electron chi connectivity index (χ2n) is 5.92. The fourth-order valence-electron chi connectivity index (χ4n) is 2.45. The van der Waals surface area contributed by atoms with Gasteiger partial charge in [-0.3, -0.25) is 4.79 Å². The van der Waals surface area contributed by atoms with Crippen LogP contribution in [0, 0.1) is 19.3 Å². The van der Waals surface area contributed by atoms with Crippen LogP contribution >= 0.6 is 0 Å². The van der Waals surface area contributed by atoms with Gasteiger partial charge in [-0.2, -0.15) is 0 Å². The van der Waals surface area contributed by atoms with Crippen LogP contribution < -0.4 is 5.32 Å². The summed E-state index contributed by atoms with van der Waals surface area (Å²) < 4.78 is 0. The van der Waals surface area contributed by atoms with Gasteiger partial charge in [0.1, 0.15) is 0 Å². The van der Waals surface area contributed by atoms with Crippen molar-refractivity contribution in [1.29, 1.82) is 0 Å². The lowest BCUT2D eigenvalue weighted by Gasteiger charge is -2.49. The number of aliphatic hydroxyl groups excluding tert-OH is 1. The molecule has 1 amide bonds. The average molecular weight is 247 g/mol. The van der Waals surface area contributed by atoms with Gasteiger partial charge in [0.05, 0.1) is 6.10 Å². The highest BCUT2D eigenvalue weighted by Gasteiger charge is 2.48. The van der Waals surface area contributed by atoms with Crippen LogP contribution in [0.15, 0.2) is 18.2 Å². The first-order valence-corrected chi connectivity index (χ1v) is 6.38. The summed E-state index contributed by atoms with van der Waals surface area (Å²) in [5.74, 6) is -0.0440. The van der Waals surface area contributed by atoms with E-state index in [1.54, 1.807) is 0 Å². The molecule has 3 nitrogen and oxygen atoms in total. The maximum Gasteiger partial charge on any atom is 0.251 e. The van der Waals surface area contributed by atoms with Crippen molar-refractivity contribution in [1.82, 2.24) is 5.32 Å². The molecule has 3 heteroatoms. The quantitative estimate of drug-likeness (QED) is 0.841. The number of carbonyl (C=O) groups excluding carboxylic acids is 1. The van der Waals surface area contributed by atoms with Gasteiger partial charge in [-0.25, -0.2) is 0 Å². The predicted octanol–water partition coefficient (Wildman–Crippen LogP) is 2.19. The summed E-state index contributed by atoms with van der Waals surface area (Å²) in [6.07, 6.45) is 0.325. The molecule has 1 saturated carbocycles. The maximum atomic E-state index is 12.2. The van der Waals surface area contributed by atoms with Crippen LogP contribution in [0.3, 0.4) is 0 Å². The monoisotopic (exact) mass is 247 g/mol. The number of rotatable bonds is 2. The first kappa shape index (κ1) is 13.1. The molecule has 2 rings (SSSR count). The van der Waals surface area contributed by atoms with Gasteiger partial charge >= 0.3 is 0 Å². The third-order valence-corrected chi connectivity index (χ3v) is 4.15. The molecule has 0 saturated heterocycles. The number of carbonyl (C=O) groups is 1. The number of benzene rings is 1. The molecule has 0 bridgehead atoms. The van der Waals surface area contributed by atoms with Crippen molar-refractivity contribution >= 4 is 5.91 Å². The summed E-state index contributed by atoms with van der Waals surface area (Å²) in [6.45, 7) is 7.92. The van der Waals surface area contributed by atoms with E-state index in [1.807, 2.05) is 45.9 Å². The predicted molar refractivity (Wildman–Crippen MR) is 71.6 cm³/mol. The summed E-state index contributed by atoms with van der Waals surface area (Å²) in [7, 11) is 0. The van der Waals surface area contributed by atoms with Gasteiger partial charge in [0.15, 0.2) is 0 Å². The fourth-order valence-corrected chi connectivity index (χ4v) is 2.45. The highest BCUT2D eigenvalue weighted by atomic mass is 16.3. The summed E-state index contributed by atoms with van der Waals surface area (Å²) in [4.78, 5) is 12.2. The summed E-state index contributed by atoms with van der Waals surface area (Å²) >= 11 is 0. The molecule has 0 radical (unpaired) electrons. The second-order valence-corrected chi connectivity index (χ2v) is 5.92. The van der Waals surface area contributed by atoms with Crippen molar-refractivity contribution < 1.29 is 9.90 Å². The van der Waals surface area contributed by atoms with E-state index in [9.17, 15) is 9.90 Å². The van der Waals surface area contributed by atoms with Crippen molar-refractivity contribution in [2.24, 2.45) is 5.41 Å². The third-order valence-electron chi connectivity index (χ3n) is 4.15. The van der Waals surface area contributed by atoms with Crippen LogP contribution in [-0.2, 0) is 0 Å². The smallest absolute Gasteiger partial charge is 0.251 e. The number of nitrogens with one attached hydrogen (secondary N) is 1. The number of hydrogen-bond donors (Lipinski definition) is 2. The minimum Gasteiger partial charge on any atom is -0.392 e. The third kappa shape index (κ3) is 2.15. The van der Waals surface area contributed by atoms with Crippen LogP contribution in [0.25, 0.3) is 0 Å². The Morgan fingerprint density at radius 1 is 1.39 bits per heavy atom. The van der Waals surface area contributed by atoms with Gasteiger partial charge < -0.3 is 10.4 Å². The molecule has 2 N–H and O–H groups in total. The topological polar surface area (TPSA) is 49.3 Å². The lowest BCUT2D eigenvalue weighted by molar-refractivity contribution is -0.0689. The Kier molecular flexibility index (Phi) is 3.20. The SMILES string of the molecule is Cc1ccc(C(=O)NC2CC(O)C2(C)C)c(C)c1. The van der Waals surface area contributed by atoms with Gasteiger partial charge in [-0.15, -0.1) is 0 Å².